The summed E-state index contributed by atoms with van der Waals surface area (Å²) in [5.41, 5.74) is 0.298. The van der Waals surface area contributed by atoms with Crippen LogP contribution in [0.1, 0.15) is 17.8 Å². The van der Waals surface area contributed by atoms with Crippen LogP contribution in [0.5, 0.6) is 0 Å². The molecule has 0 saturated heterocycles. The van der Waals surface area contributed by atoms with Gasteiger partial charge in [-0.15, -0.1) is 10.2 Å². The van der Waals surface area contributed by atoms with Crippen LogP contribution in [-0.4, -0.2) is 32.3 Å². The lowest BCUT2D eigenvalue weighted by molar-refractivity contribution is -0.384. The number of alkyl halides is 2. The minimum Gasteiger partial charge on any atom is -0.258 e. The summed E-state index contributed by atoms with van der Waals surface area (Å²) in [6.07, 6.45) is 0.0707. The minimum atomic E-state index is -2.82. The highest BCUT2D eigenvalue weighted by Gasteiger charge is 2.19. The first-order valence-electron chi connectivity index (χ1n) is 5.59. The lowest BCUT2D eigenvalue weighted by Gasteiger charge is -2.01. The van der Waals surface area contributed by atoms with Gasteiger partial charge in [-0.05, 0) is 6.26 Å². The molecule has 10 heteroatoms. The summed E-state index contributed by atoms with van der Waals surface area (Å²) < 4.78 is 26.5. The number of nitrogens with zero attached hydrogens (tertiary/aromatic N) is 5. The molecule has 0 radical (unpaired) electrons. The van der Waals surface area contributed by atoms with Crippen LogP contribution < -0.4 is 0 Å². The number of nitro groups is 1. The molecular formula is C11H9F2N5O2S. The van der Waals surface area contributed by atoms with Crippen LogP contribution in [0, 0.1) is 10.1 Å². The van der Waals surface area contributed by atoms with E-state index in [1.54, 1.807) is 12.3 Å². The SMILES string of the molecule is CSc1nnc(C(F)F)n1N=Cc1cccc([N+](=O)[O-])c1. The van der Waals surface area contributed by atoms with E-state index in [0.29, 0.717) is 5.56 Å². The molecule has 7 nitrogen and oxygen atoms in total. The van der Waals surface area contributed by atoms with E-state index in [1.165, 1.54) is 24.4 Å². The molecular weight excluding hydrogens is 304 g/mol. The second-order valence-corrected chi connectivity index (χ2v) is 4.53. The Hall–Kier alpha value is -2.36. The smallest absolute Gasteiger partial charge is 0.258 e. The monoisotopic (exact) mass is 313 g/mol. The molecule has 0 atom stereocenters. The van der Waals surface area contributed by atoms with Crippen molar-refractivity contribution < 1.29 is 13.7 Å². The van der Waals surface area contributed by atoms with Crippen LogP contribution in [-0.2, 0) is 0 Å². The molecule has 0 amide bonds. The topological polar surface area (TPSA) is 86.2 Å². The second-order valence-electron chi connectivity index (χ2n) is 3.75. The molecule has 0 saturated carbocycles. The van der Waals surface area contributed by atoms with Crippen molar-refractivity contribution in [2.24, 2.45) is 5.10 Å². The fraction of sp³-hybridized carbons (Fsp3) is 0.182. The Morgan fingerprint density at radius 2 is 2.24 bits per heavy atom. The number of benzene rings is 1. The number of hydrogen-bond acceptors (Lipinski definition) is 6. The average molecular weight is 313 g/mol. The van der Waals surface area contributed by atoms with E-state index < -0.39 is 17.2 Å². The molecule has 0 fully saturated rings. The van der Waals surface area contributed by atoms with E-state index in [1.807, 2.05) is 0 Å². The van der Waals surface area contributed by atoms with Crippen LogP contribution >= 0.6 is 11.8 Å². The third kappa shape index (κ3) is 3.40. The molecule has 0 unspecified atom stereocenters. The number of non-ortho nitro benzene ring substituents is 1. The zero-order valence-corrected chi connectivity index (χ0v) is 11.5. The highest BCUT2D eigenvalue weighted by Crippen LogP contribution is 2.21. The van der Waals surface area contributed by atoms with Gasteiger partial charge < -0.3 is 0 Å². The van der Waals surface area contributed by atoms with Crippen LogP contribution in [0.4, 0.5) is 14.5 Å². The molecule has 1 aromatic carbocycles. The molecule has 0 aliphatic carbocycles. The van der Waals surface area contributed by atoms with E-state index in [4.69, 9.17) is 0 Å². The van der Waals surface area contributed by atoms with E-state index in [2.05, 4.69) is 15.3 Å². The van der Waals surface area contributed by atoms with Gasteiger partial charge in [-0.3, -0.25) is 10.1 Å². The number of rotatable bonds is 5. The highest BCUT2D eigenvalue weighted by atomic mass is 32.2. The minimum absolute atomic E-state index is 0.109. The predicted molar refractivity (Wildman–Crippen MR) is 72.8 cm³/mol. The fourth-order valence-corrected chi connectivity index (χ4v) is 1.93. The lowest BCUT2D eigenvalue weighted by Crippen LogP contribution is -2.00. The standard InChI is InChI=1S/C11H9F2N5O2S/c1-21-11-16-15-10(9(12)13)17(11)14-6-7-3-2-4-8(5-7)18(19)20/h2-6,9H,1H3. The Balaban J connectivity index is 2.35. The Labute approximate surface area is 121 Å². The van der Waals surface area contributed by atoms with Crippen LogP contribution in [0.15, 0.2) is 34.5 Å². The maximum absolute atomic E-state index is 12.8. The summed E-state index contributed by atoms with van der Waals surface area (Å²) >= 11 is 1.11. The average Bonchev–Trinajstić information content (AvgIpc) is 2.88. The first-order valence-corrected chi connectivity index (χ1v) is 6.81. The Kier molecular flexibility index (Phi) is 4.58. The number of aromatic nitrogens is 3. The van der Waals surface area contributed by atoms with Gasteiger partial charge in [0, 0.05) is 17.7 Å². The molecule has 0 aliphatic heterocycles. The second kappa shape index (κ2) is 6.39. The van der Waals surface area contributed by atoms with Crippen molar-refractivity contribution in [1.82, 2.24) is 14.9 Å². The molecule has 1 aromatic heterocycles. The quantitative estimate of drug-likeness (QED) is 0.366. The fourth-order valence-electron chi connectivity index (χ4n) is 1.49. The Bertz CT molecular complexity index is 689. The van der Waals surface area contributed by atoms with E-state index >= 15 is 0 Å². The summed E-state index contributed by atoms with van der Waals surface area (Å²) in [6, 6.07) is 5.67. The molecule has 0 spiro atoms. The van der Waals surface area contributed by atoms with Crippen LogP contribution in [0.25, 0.3) is 0 Å². The first-order chi connectivity index (χ1) is 10.0. The maximum Gasteiger partial charge on any atom is 0.299 e. The lowest BCUT2D eigenvalue weighted by atomic mass is 10.2. The highest BCUT2D eigenvalue weighted by molar-refractivity contribution is 7.98. The zero-order chi connectivity index (χ0) is 15.4. The van der Waals surface area contributed by atoms with Gasteiger partial charge >= 0.3 is 0 Å². The van der Waals surface area contributed by atoms with Crippen molar-refractivity contribution in [1.29, 1.82) is 0 Å². The van der Waals surface area contributed by atoms with Crippen LogP contribution in [0.2, 0.25) is 0 Å². The molecule has 21 heavy (non-hydrogen) atoms. The third-order valence-corrected chi connectivity index (χ3v) is 3.04. The van der Waals surface area contributed by atoms with Gasteiger partial charge in [0.25, 0.3) is 12.1 Å². The van der Waals surface area contributed by atoms with Gasteiger partial charge in [0.1, 0.15) is 0 Å². The van der Waals surface area contributed by atoms with Crippen LogP contribution in [0.3, 0.4) is 0 Å². The maximum atomic E-state index is 12.8. The summed E-state index contributed by atoms with van der Waals surface area (Å²) in [4.78, 5) is 10.1. The van der Waals surface area contributed by atoms with Crippen molar-refractivity contribution >= 4 is 23.7 Å². The predicted octanol–water partition coefficient (Wildman–Crippen LogP) is 2.73. The molecule has 1 heterocycles. The third-order valence-electron chi connectivity index (χ3n) is 2.42. The Morgan fingerprint density at radius 1 is 1.48 bits per heavy atom. The van der Waals surface area contributed by atoms with E-state index in [0.717, 1.165) is 16.4 Å². The van der Waals surface area contributed by atoms with Gasteiger partial charge in [-0.25, -0.2) is 8.78 Å². The summed E-state index contributed by atoms with van der Waals surface area (Å²) in [7, 11) is 0. The van der Waals surface area contributed by atoms with Crippen molar-refractivity contribution in [3.63, 3.8) is 0 Å². The van der Waals surface area contributed by atoms with Gasteiger partial charge in [-0.2, -0.15) is 9.78 Å². The normalized spacial score (nSPS) is 11.4. The number of thioether (sulfide) groups is 1. The zero-order valence-electron chi connectivity index (χ0n) is 10.7. The molecule has 2 aromatic rings. The number of nitro benzene ring substituents is 1. The van der Waals surface area contributed by atoms with Gasteiger partial charge in [0.05, 0.1) is 11.1 Å². The Morgan fingerprint density at radius 3 is 2.86 bits per heavy atom. The van der Waals surface area contributed by atoms with Gasteiger partial charge in [-0.1, -0.05) is 23.9 Å². The van der Waals surface area contributed by atoms with Crippen molar-refractivity contribution in [3.05, 3.63) is 45.8 Å². The molecule has 110 valence electrons. The van der Waals surface area contributed by atoms with Crippen molar-refractivity contribution in [2.45, 2.75) is 11.6 Å². The van der Waals surface area contributed by atoms with Crippen molar-refractivity contribution in [3.8, 4) is 0 Å². The van der Waals surface area contributed by atoms with Crippen molar-refractivity contribution in [2.75, 3.05) is 6.26 Å². The molecule has 0 bridgehead atoms. The summed E-state index contributed by atoms with van der Waals surface area (Å²) in [5, 5.41) is 21.7. The molecule has 0 N–H and O–H groups in total. The molecule has 0 aliphatic rings. The number of halogens is 2. The largest absolute Gasteiger partial charge is 0.299 e. The molecule has 2 rings (SSSR count). The van der Waals surface area contributed by atoms with E-state index in [-0.39, 0.29) is 10.8 Å². The van der Waals surface area contributed by atoms with Gasteiger partial charge in [0.15, 0.2) is 0 Å². The summed E-state index contributed by atoms with van der Waals surface area (Å²) in [5.74, 6) is -0.582. The first kappa shape index (κ1) is 15.0. The number of hydrogen-bond donors (Lipinski definition) is 0. The van der Waals surface area contributed by atoms with Gasteiger partial charge in [0.2, 0.25) is 11.0 Å². The summed E-state index contributed by atoms with van der Waals surface area (Å²) in [6.45, 7) is 0. The van der Waals surface area contributed by atoms with E-state index in [9.17, 15) is 18.9 Å².